The van der Waals surface area contributed by atoms with Crippen LogP contribution in [0.5, 0.6) is 0 Å². The van der Waals surface area contributed by atoms with Crippen molar-refractivity contribution in [2.75, 3.05) is 20.8 Å². The third kappa shape index (κ3) is 4.60. The highest BCUT2D eigenvalue weighted by molar-refractivity contribution is 6.62. The van der Waals surface area contributed by atoms with E-state index in [0.717, 1.165) is 14.2 Å². The molecule has 0 bridgehead atoms. The fourth-order valence-corrected chi connectivity index (χ4v) is 0.512. The smallest absolute Gasteiger partial charge is 0.367 e. The molecule has 0 aliphatic carbocycles. The third-order valence-electron chi connectivity index (χ3n) is 1.12. The van der Waals surface area contributed by atoms with Crippen LogP contribution in [0.3, 0.4) is 0 Å². The molecule has 8 nitrogen and oxygen atoms in total. The Hall–Kier alpha value is -2.12. The van der Waals surface area contributed by atoms with Crippen molar-refractivity contribution in [3.05, 3.63) is 0 Å². The number of amides is 1. The Kier molecular flexibility index (Phi) is 5.45. The van der Waals surface area contributed by atoms with E-state index < -0.39 is 30.2 Å². The van der Waals surface area contributed by atoms with Gasteiger partial charge in [-0.3, -0.25) is 4.79 Å². The van der Waals surface area contributed by atoms with Crippen molar-refractivity contribution < 1.29 is 28.7 Å². The molecule has 15 heavy (non-hydrogen) atoms. The van der Waals surface area contributed by atoms with Crippen LogP contribution in [0.2, 0.25) is 0 Å². The molecule has 0 aliphatic heterocycles. The zero-order chi connectivity index (χ0) is 11.8. The number of hydrogen-bond acceptors (Lipinski definition) is 7. The van der Waals surface area contributed by atoms with Crippen LogP contribution < -0.4 is 5.73 Å². The monoisotopic (exact) mass is 218 g/mol. The maximum absolute atomic E-state index is 10.9. The van der Waals surface area contributed by atoms with Crippen LogP contribution in [0.15, 0.2) is 5.16 Å². The van der Waals surface area contributed by atoms with Gasteiger partial charge in [0.25, 0.3) is 11.6 Å². The summed E-state index contributed by atoms with van der Waals surface area (Å²) in [6.45, 7) is -0.558. The van der Waals surface area contributed by atoms with Gasteiger partial charge in [-0.1, -0.05) is 5.16 Å². The quantitative estimate of drug-likeness (QED) is 0.251. The van der Waals surface area contributed by atoms with Crippen LogP contribution in [0.1, 0.15) is 0 Å². The van der Waals surface area contributed by atoms with Gasteiger partial charge in [0.2, 0.25) is 0 Å². The second kappa shape index (κ2) is 6.35. The van der Waals surface area contributed by atoms with E-state index >= 15 is 0 Å². The molecule has 0 saturated heterocycles. The van der Waals surface area contributed by atoms with Gasteiger partial charge in [-0.2, -0.15) is 0 Å². The van der Waals surface area contributed by atoms with Gasteiger partial charge in [0, 0.05) is 0 Å². The normalized spacial score (nSPS) is 8.67. The molecule has 8 heteroatoms. The first kappa shape index (κ1) is 12.9. The lowest BCUT2D eigenvalue weighted by Gasteiger charge is -2.01. The predicted octanol–water partition coefficient (Wildman–Crippen LogP) is -1.81. The van der Waals surface area contributed by atoms with Crippen LogP contribution in [-0.4, -0.2) is 44.4 Å². The molecule has 2 N–H and O–H groups in total. The van der Waals surface area contributed by atoms with Crippen LogP contribution in [-0.2, 0) is 28.7 Å². The summed E-state index contributed by atoms with van der Waals surface area (Å²) in [5.74, 6) is -2.87. The number of oxime groups is 1. The van der Waals surface area contributed by atoms with Crippen LogP contribution in [0, 0.1) is 0 Å². The summed E-state index contributed by atoms with van der Waals surface area (Å²) in [6, 6.07) is 0. The SMILES string of the molecule is COC(=O)C(=NOCC(N)=O)C(=O)OC. The molecule has 84 valence electrons. The number of carbonyl (C=O) groups is 3. The van der Waals surface area contributed by atoms with Crippen LogP contribution in [0.25, 0.3) is 0 Å². The highest BCUT2D eigenvalue weighted by Crippen LogP contribution is 1.89. The Morgan fingerprint density at radius 2 is 1.60 bits per heavy atom. The van der Waals surface area contributed by atoms with E-state index in [1.54, 1.807) is 0 Å². The first-order valence-electron chi connectivity index (χ1n) is 3.67. The summed E-state index contributed by atoms with van der Waals surface area (Å²) in [4.78, 5) is 36.4. The van der Waals surface area contributed by atoms with Gasteiger partial charge in [0.15, 0.2) is 6.61 Å². The number of esters is 2. The second-order valence-corrected chi connectivity index (χ2v) is 2.16. The van der Waals surface area contributed by atoms with Gasteiger partial charge >= 0.3 is 11.9 Å². The van der Waals surface area contributed by atoms with Gasteiger partial charge in [-0.25, -0.2) is 9.59 Å². The van der Waals surface area contributed by atoms with Crippen molar-refractivity contribution in [3.63, 3.8) is 0 Å². The molecular weight excluding hydrogens is 208 g/mol. The standard InChI is InChI=1S/C7H10N2O6/c1-13-6(11)5(7(12)14-2)9-15-3-4(8)10/h3H2,1-2H3,(H2,8,10). The molecule has 0 spiro atoms. The number of nitrogens with zero attached hydrogens (tertiary/aromatic N) is 1. The fourth-order valence-electron chi connectivity index (χ4n) is 0.512. The van der Waals surface area contributed by atoms with Gasteiger partial charge in [-0.15, -0.1) is 0 Å². The molecule has 0 aliphatic rings. The minimum absolute atomic E-state index is 0.558. The molecule has 0 saturated carbocycles. The van der Waals surface area contributed by atoms with Gasteiger partial charge in [0.1, 0.15) is 0 Å². The maximum atomic E-state index is 10.9. The first-order chi connectivity index (χ1) is 7.02. The molecule has 0 aromatic rings. The van der Waals surface area contributed by atoms with Gasteiger partial charge in [0.05, 0.1) is 14.2 Å². The highest BCUT2D eigenvalue weighted by atomic mass is 16.6. The molecule has 0 radical (unpaired) electrons. The summed E-state index contributed by atoms with van der Waals surface area (Å²) in [5, 5.41) is 3.07. The zero-order valence-electron chi connectivity index (χ0n) is 8.18. The molecule has 0 aromatic heterocycles. The second-order valence-electron chi connectivity index (χ2n) is 2.16. The molecule has 0 unspecified atom stereocenters. The van der Waals surface area contributed by atoms with Crippen molar-refractivity contribution in [2.24, 2.45) is 10.9 Å². The minimum Gasteiger partial charge on any atom is -0.464 e. The van der Waals surface area contributed by atoms with Crippen molar-refractivity contribution in [1.82, 2.24) is 0 Å². The average Bonchev–Trinajstić information content (AvgIpc) is 2.22. The molecule has 0 atom stereocenters. The number of carbonyl (C=O) groups excluding carboxylic acids is 3. The largest absolute Gasteiger partial charge is 0.464 e. The third-order valence-corrected chi connectivity index (χ3v) is 1.12. The van der Waals surface area contributed by atoms with Crippen molar-refractivity contribution in [2.45, 2.75) is 0 Å². The number of rotatable bonds is 5. The topological polar surface area (TPSA) is 117 Å². The lowest BCUT2D eigenvalue weighted by molar-refractivity contribution is -0.139. The molecule has 0 rings (SSSR count). The minimum atomic E-state index is -1.04. The Labute approximate surface area is 84.9 Å². The van der Waals surface area contributed by atoms with E-state index in [2.05, 4.69) is 19.5 Å². The Balaban J connectivity index is 4.55. The van der Waals surface area contributed by atoms with Crippen LogP contribution >= 0.6 is 0 Å². The highest BCUT2D eigenvalue weighted by Gasteiger charge is 2.23. The number of nitrogens with two attached hydrogens (primary N) is 1. The summed E-state index contributed by atoms with van der Waals surface area (Å²) in [5.41, 5.74) is 4.02. The van der Waals surface area contributed by atoms with E-state index in [9.17, 15) is 14.4 Å². The van der Waals surface area contributed by atoms with E-state index in [0.29, 0.717) is 0 Å². The summed E-state index contributed by atoms with van der Waals surface area (Å²) >= 11 is 0. The van der Waals surface area contributed by atoms with Gasteiger partial charge < -0.3 is 20.0 Å². The summed E-state index contributed by atoms with van der Waals surface area (Å²) in [7, 11) is 2.10. The van der Waals surface area contributed by atoms with E-state index in [1.165, 1.54) is 0 Å². The lowest BCUT2D eigenvalue weighted by Crippen LogP contribution is -2.27. The lowest BCUT2D eigenvalue weighted by atomic mass is 10.4. The predicted molar refractivity (Wildman–Crippen MR) is 46.6 cm³/mol. The average molecular weight is 218 g/mol. The Bertz CT molecular complexity index is 280. The number of primary amides is 1. The summed E-state index contributed by atoms with van der Waals surface area (Å²) < 4.78 is 8.45. The molecule has 0 aromatic carbocycles. The molecule has 1 amide bonds. The first-order valence-corrected chi connectivity index (χ1v) is 3.67. The van der Waals surface area contributed by atoms with Crippen LogP contribution in [0.4, 0.5) is 0 Å². The molecular formula is C7H10N2O6. The molecule has 0 fully saturated rings. The van der Waals surface area contributed by atoms with Crippen molar-refractivity contribution in [3.8, 4) is 0 Å². The fraction of sp³-hybridized carbons (Fsp3) is 0.429. The Morgan fingerprint density at radius 3 is 1.93 bits per heavy atom. The number of ether oxygens (including phenoxy) is 2. The van der Waals surface area contributed by atoms with Crippen molar-refractivity contribution in [1.29, 1.82) is 0 Å². The van der Waals surface area contributed by atoms with E-state index in [-0.39, 0.29) is 0 Å². The van der Waals surface area contributed by atoms with Gasteiger partial charge in [-0.05, 0) is 0 Å². The number of methoxy groups -OCH3 is 2. The van der Waals surface area contributed by atoms with E-state index in [4.69, 9.17) is 5.73 Å². The Morgan fingerprint density at radius 1 is 1.13 bits per heavy atom. The maximum Gasteiger partial charge on any atom is 0.367 e. The van der Waals surface area contributed by atoms with Crippen molar-refractivity contribution >= 4 is 23.6 Å². The summed E-state index contributed by atoms with van der Waals surface area (Å²) in [6.07, 6.45) is 0. The zero-order valence-corrected chi connectivity index (χ0v) is 8.18. The number of hydrogen-bond donors (Lipinski definition) is 1. The molecule has 0 heterocycles. The van der Waals surface area contributed by atoms with E-state index in [1.807, 2.05) is 0 Å².